The van der Waals surface area contributed by atoms with Crippen LogP contribution in [0.3, 0.4) is 0 Å². The summed E-state index contributed by atoms with van der Waals surface area (Å²) in [4.78, 5) is 47.5. The minimum Gasteiger partial charge on any atom is -0.502 e. The van der Waals surface area contributed by atoms with Gasteiger partial charge in [-0.2, -0.15) is 0 Å². The number of unbranched alkanes of at least 4 members (excludes halogenated alkanes) is 5. The highest BCUT2D eigenvalue weighted by Gasteiger charge is 2.32. The molecule has 1 aliphatic rings. The average molecular weight is 561 g/mol. The third kappa shape index (κ3) is 11.1. The number of aliphatic hydroxyl groups excluding tert-OH is 1. The quantitative estimate of drug-likeness (QED) is 0.0750. The Hall–Kier alpha value is -3.27. The highest BCUT2D eigenvalue weighted by molar-refractivity contribution is 5.85. The Labute approximate surface area is 236 Å². The maximum atomic E-state index is 12.5. The van der Waals surface area contributed by atoms with Gasteiger partial charge in [0, 0.05) is 31.2 Å². The molecule has 0 aliphatic heterocycles. The summed E-state index contributed by atoms with van der Waals surface area (Å²) in [5, 5.41) is 33.5. The number of nitro groups is 1. The Bertz CT molecular complexity index is 1020. The summed E-state index contributed by atoms with van der Waals surface area (Å²) >= 11 is 0. The first kappa shape index (κ1) is 32.9. The number of allylic oxidation sites excluding steroid dienone is 1. The number of methoxy groups -OCH3 is 1. The van der Waals surface area contributed by atoms with Crippen LogP contribution in [0.1, 0.15) is 89.5 Å². The van der Waals surface area contributed by atoms with Crippen LogP contribution in [0.4, 0.5) is 5.69 Å². The predicted molar refractivity (Wildman–Crippen MR) is 151 cm³/mol. The number of carbonyl (C=O) groups is 3. The van der Waals surface area contributed by atoms with E-state index in [1.807, 2.05) is 12.2 Å². The summed E-state index contributed by atoms with van der Waals surface area (Å²) in [6.07, 6.45) is 13.0. The van der Waals surface area contributed by atoms with Crippen LogP contribution >= 0.6 is 0 Å². The zero-order valence-electron chi connectivity index (χ0n) is 23.7. The van der Waals surface area contributed by atoms with E-state index in [2.05, 4.69) is 12.2 Å². The van der Waals surface area contributed by atoms with Gasteiger partial charge in [-0.25, -0.2) is 4.79 Å². The van der Waals surface area contributed by atoms with Crippen molar-refractivity contribution >= 4 is 23.3 Å². The smallest absolute Gasteiger partial charge is 0.328 e. The van der Waals surface area contributed by atoms with E-state index in [1.165, 1.54) is 25.3 Å². The number of nitrogens with one attached hydrogen (secondary N) is 1. The van der Waals surface area contributed by atoms with Gasteiger partial charge in [0.2, 0.25) is 5.91 Å². The summed E-state index contributed by atoms with van der Waals surface area (Å²) in [5.41, 5.74) is -0.0742. The first-order valence-electron chi connectivity index (χ1n) is 14.4. The number of hydrogen-bond donors (Lipinski definition) is 3. The van der Waals surface area contributed by atoms with Crippen molar-refractivity contribution < 1.29 is 34.3 Å². The molecule has 0 bridgehead atoms. The Morgan fingerprint density at radius 1 is 1.20 bits per heavy atom. The Morgan fingerprint density at radius 3 is 2.65 bits per heavy atom. The van der Waals surface area contributed by atoms with Crippen LogP contribution in [-0.2, 0) is 25.5 Å². The number of ether oxygens (including phenoxy) is 1. The topological polar surface area (TPSA) is 156 Å². The molecule has 1 aromatic carbocycles. The summed E-state index contributed by atoms with van der Waals surface area (Å²) in [6, 6.07) is 2.79. The Morgan fingerprint density at radius 2 is 1.95 bits per heavy atom. The first-order chi connectivity index (χ1) is 19.2. The number of carbonyl (C=O) groups excluding carboxylic acids is 3. The van der Waals surface area contributed by atoms with Crippen molar-refractivity contribution in [1.82, 2.24) is 5.32 Å². The van der Waals surface area contributed by atoms with E-state index in [0.29, 0.717) is 24.2 Å². The van der Waals surface area contributed by atoms with Gasteiger partial charge >= 0.3 is 11.7 Å². The largest absolute Gasteiger partial charge is 0.502 e. The van der Waals surface area contributed by atoms with Gasteiger partial charge in [0.1, 0.15) is 11.8 Å². The molecule has 0 aromatic heterocycles. The molecule has 1 aliphatic carbocycles. The third-order valence-electron chi connectivity index (χ3n) is 7.50. The molecule has 1 amide bonds. The lowest BCUT2D eigenvalue weighted by molar-refractivity contribution is -0.385. The van der Waals surface area contributed by atoms with Gasteiger partial charge in [0.15, 0.2) is 5.75 Å². The van der Waals surface area contributed by atoms with Gasteiger partial charge in [0.25, 0.3) is 0 Å². The van der Waals surface area contributed by atoms with Crippen LogP contribution < -0.4 is 5.32 Å². The van der Waals surface area contributed by atoms with Gasteiger partial charge in [-0.05, 0) is 43.2 Å². The zero-order valence-corrected chi connectivity index (χ0v) is 23.7. The van der Waals surface area contributed by atoms with E-state index < -0.39 is 34.5 Å². The van der Waals surface area contributed by atoms with Crippen LogP contribution in [0.15, 0.2) is 30.4 Å². The molecule has 1 fully saturated rings. The standard InChI is InChI=1S/C30H44N2O8/c1-3-4-7-10-23(33)16-14-22-15-18-27(34)24(22)11-8-5-6-9-12-29(36)31-25(30(37)40-2)19-21-13-17-28(35)26(20-21)32(38)39/h13-14,16-17,20,22-25,33,35H,3-12,15,18-19H2,1-2H3,(H,31,36)/b16-14+/t22-,23+,24+,25+/m0/s1. The maximum Gasteiger partial charge on any atom is 0.328 e. The lowest BCUT2D eigenvalue weighted by atomic mass is 9.89. The molecule has 1 saturated carbocycles. The number of nitro benzene ring substituents is 1. The average Bonchev–Trinajstić information content (AvgIpc) is 3.28. The lowest BCUT2D eigenvalue weighted by Gasteiger charge is -2.17. The summed E-state index contributed by atoms with van der Waals surface area (Å²) in [6.45, 7) is 2.13. The summed E-state index contributed by atoms with van der Waals surface area (Å²) in [5.74, 6) is -0.987. The van der Waals surface area contributed by atoms with E-state index in [-0.39, 0.29) is 30.6 Å². The number of hydrogen-bond acceptors (Lipinski definition) is 8. The molecule has 2 rings (SSSR count). The van der Waals surface area contributed by atoms with E-state index in [4.69, 9.17) is 4.74 Å². The molecular weight excluding hydrogens is 516 g/mol. The van der Waals surface area contributed by atoms with Crippen molar-refractivity contribution in [2.45, 2.75) is 103 Å². The molecule has 1 aromatic rings. The molecule has 0 heterocycles. The van der Waals surface area contributed by atoms with Crippen LogP contribution in [0.25, 0.3) is 0 Å². The molecule has 0 saturated heterocycles. The van der Waals surface area contributed by atoms with Crippen molar-refractivity contribution in [3.8, 4) is 5.75 Å². The van der Waals surface area contributed by atoms with E-state index >= 15 is 0 Å². The van der Waals surface area contributed by atoms with Gasteiger partial charge in [0.05, 0.1) is 18.1 Å². The van der Waals surface area contributed by atoms with Crippen molar-refractivity contribution in [2.24, 2.45) is 11.8 Å². The molecule has 10 nitrogen and oxygen atoms in total. The Balaban J connectivity index is 1.74. The van der Waals surface area contributed by atoms with Crippen molar-refractivity contribution in [3.05, 3.63) is 46.0 Å². The fourth-order valence-corrected chi connectivity index (χ4v) is 5.19. The molecule has 3 N–H and O–H groups in total. The second-order valence-corrected chi connectivity index (χ2v) is 10.6. The molecule has 0 spiro atoms. The minimum absolute atomic E-state index is 0.000992. The molecule has 40 heavy (non-hydrogen) atoms. The Kier molecular flexibility index (Phi) is 14.4. The highest BCUT2D eigenvalue weighted by Crippen LogP contribution is 2.34. The SMILES string of the molecule is CCCCC[C@@H](O)/C=C/[C@H]1CCC(=O)[C@@H]1CCCCCCC(=O)N[C@H](Cc1ccc(O)c([N+](=O)[O-])c1)C(=O)OC. The number of amides is 1. The molecule has 0 radical (unpaired) electrons. The lowest BCUT2D eigenvalue weighted by Crippen LogP contribution is -2.43. The summed E-state index contributed by atoms with van der Waals surface area (Å²) in [7, 11) is 1.20. The van der Waals surface area contributed by atoms with Crippen molar-refractivity contribution in [3.63, 3.8) is 0 Å². The number of Topliss-reactive ketones (excluding diaryl/α,β-unsaturated/α-hetero) is 1. The number of benzene rings is 1. The number of aliphatic hydroxyl groups is 1. The molecule has 222 valence electrons. The number of rotatable bonds is 18. The highest BCUT2D eigenvalue weighted by atomic mass is 16.6. The minimum atomic E-state index is -1.01. The normalized spacial score (nSPS) is 18.5. The van der Waals surface area contributed by atoms with E-state index in [1.54, 1.807) is 0 Å². The molecule has 0 unspecified atom stereocenters. The monoisotopic (exact) mass is 560 g/mol. The van der Waals surface area contributed by atoms with E-state index in [9.17, 15) is 34.7 Å². The first-order valence-corrected chi connectivity index (χ1v) is 14.4. The van der Waals surface area contributed by atoms with Crippen LogP contribution in [0.2, 0.25) is 0 Å². The van der Waals surface area contributed by atoms with Crippen molar-refractivity contribution in [2.75, 3.05) is 7.11 Å². The predicted octanol–water partition coefficient (Wildman–Crippen LogP) is 4.93. The third-order valence-corrected chi connectivity index (χ3v) is 7.50. The van der Waals surface area contributed by atoms with Crippen LogP contribution in [-0.4, -0.2) is 52.1 Å². The van der Waals surface area contributed by atoms with Gasteiger partial charge < -0.3 is 20.3 Å². The zero-order chi connectivity index (χ0) is 29.5. The van der Waals surface area contributed by atoms with Crippen molar-refractivity contribution in [1.29, 1.82) is 0 Å². The fourth-order valence-electron chi connectivity index (χ4n) is 5.19. The number of nitrogens with zero attached hydrogens (tertiary/aromatic N) is 1. The molecular formula is C30H44N2O8. The second kappa shape index (κ2) is 17.4. The molecule has 4 atom stereocenters. The summed E-state index contributed by atoms with van der Waals surface area (Å²) < 4.78 is 4.78. The van der Waals surface area contributed by atoms with Crippen LogP contribution in [0, 0.1) is 22.0 Å². The number of phenols is 1. The maximum absolute atomic E-state index is 12.5. The second-order valence-electron chi connectivity index (χ2n) is 10.6. The fraction of sp³-hybridized carbons (Fsp3) is 0.633. The number of phenolic OH excluding ortho intramolecular Hbond substituents is 1. The number of esters is 1. The molecule has 10 heteroatoms. The van der Waals surface area contributed by atoms with Crippen LogP contribution in [0.5, 0.6) is 5.75 Å². The number of ketones is 1. The van der Waals surface area contributed by atoms with Gasteiger partial charge in [-0.1, -0.05) is 63.7 Å². The number of aromatic hydroxyl groups is 1. The van der Waals surface area contributed by atoms with E-state index in [0.717, 1.165) is 57.8 Å². The van der Waals surface area contributed by atoms with Gasteiger partial charge in [-0.3, -0.25) is 19.7 Å². The van der Waals surface area contributed by atoms with Gasteiger partial charge in [-0.15, -0.1) is 0 Å².